The predicted octanol–water partition coefficient (Wildman–Crippen LogP) is 3.24. The number of carbonyl (C=O) groups excluding carboxylic acids is 2. The van der Waals surface area contributed by atoms with Crippen LogP contribution in [0.2, 0.25) is 0 Å². The molecule has 2 amide bonds. The van der Waals surface area contributed by atoms with E-state index in [1.165, 1.54) is 33.1 Å². The van der Waals surface area contributed by atoms with Gasteiger partial charge < -0.3 is 24.4 Å². The monoisotopic (exact) mass is 430 g/mol. The lowest BCUT2D eigenvalue weighted by Gasteiger charge is -2.20. The van der Waals surface area contributed by atoms with Crippen molar-refractivity contribution in [1.82, 2.24) is 4.90 Å². The molecule has 8 heteroatoms. The van der Waals surface area contributed by atoms with Gasteiger partial charge >= 0.3 is 0 Å². The standard InChI is InChI=1S/C22H26N2O5S/c1-24-12-14(13-10-16(27-2)20(29-4)17(11-13)28-3)19(22(24)26)21(25)23-15-8-6-7-9-18(15)30-5/h6-11,14,19H,12H2,1-5H3,(H,23,25)/t14-,19+/m1/s1. The molecule has 0 aliphatic carbocycles. The van der Waals surface area contributed by atoms with E-state index in [1.807, 2.05) is 30.5 Å². The number of hydrogen-bond donors (Lipinski definition) is 1. The van der Waals surface area contributed by atoms with E-state index in [1.54, 1.807) is 24.1 Å². The second-order valence-electron chi connectivity index (χ2n) is 6.95. The highest BCUT2D eigenvalue weighted by Crippen LogP contribution is 2.43. The zero-order valence-electron chi connectivity index (χ0n) is 17.7. The van der Waals surface area contributed by atoms with Crippen molar-refractivity contribution in [2.24, 2.45) is 5.92 Å². The number of thioether (sulfide) groups is 1. The topological polar surface area (TPSA) is 77.1 Å². The molecular weight excluding hydrogens is 404 g/mol. The molecule has 30 heavy (non-hydrogen) atoms. The fourth-order valence-corrected chi connectivity index (χ4v) is 4.32. The Morgan fingerprint density at radius 2 is 1.73 bits per heavy atom. The van der Waals surface area contributed by atoms with E-state index >= 15 is 0 Å². The summed E-state index contributed by atoms with van der Waals surface area (Å²) in [7, 11) is 6.32. The molecule has 7 nitrogen and oxygen atoms in total. The third-order valence-electron chi connectivity index (χ3n) is 5.28. The molecule has 1 aliphatic heterocycles. The molecular formula is C22H26N2O5S. The van der Waals surface area contributed by atoms with Crippen molar-refractivity contribution in [2.45, 2.75) is 10.8 Å². The number of hydrogen-bond acceptors (Lipinski definition) is 6. The van der Waals surface area contributed by atoms with Gasteiger partial charge in [-0.2, -0.15) is 0 Å². The van der Waals surface area contributed by atoms with E-state index in [9.17, 15) is 9.59 Å². The molecule has 1 aliphatic rings. The van der Waals surface area contributed by atoms with Crippen molar-refractivity contribution in [3.8, 4) is 17.2 Å². The van der Waals surface area contributed by atoms with E-state index in [0.29, 0.717) is 29.5 Å². The van der Waals surface area contributed by atoms with Gasteiger partial charge in [-0.15, -0.1) is 11.8 Å². The van der Waals surface area contributed by atoms with Crippen LogP contribution in [0.1, 0.15) is 11.5 Å². The molecule has 1 saturated heterocycles. The predicted molar refractivity (Wildman–Crippen MR) is 117 cm³/mol. The first-order chi connectivity index (χ1) is 14.4. The van der Waals surface area contributed by atoms with Crippen LogP contribution < -0.4 is 19.5 Å². The Bertz CT molecular complexity index is 924. The molecule has 2 aromatic rings. The van der Waals surface area contributed by atoms with Gasteiger partial charge in [0, 0.05) is 24.4 Å². The van der Waals surface area contributed by atoms with Gasteiger partial charge in [-0.1, -0.05) is 12.1 Å². The number of ether oxygens (including phenoxy) is 3. The van der Waals surface area contributed by atoms with Crippen LogP contribution in [0.4, 0.5) is 5.69 Å². The highest BCUT2D eigenvalue weighted by atomic mass is 32.2. The third-order valence-corrected chi connectivity index (χ3v) is 6.07. The zero-order chi connectivity index (χ0) is 21.8. The smallest absolute Gasteiger partial charge is 0.237 e. The Hall–Kier alpha value is -2.87. The molecule has 0 saturated carbocycles. The quantitative estimate of drug-likeness (QED) is 0.537. The van der Waals surface area contributed by atoms with Crippen molar-refractivity contribution < 1.29 is 23.8 Å². The zero-order valence-corrected chi connectivity index (χ0v) is 18.5. The van der Waals surface area contributed by atoms with Gasteiger partial charge in [0.25, 0.3) is 0 Å². The van der Waals surface area contributed by atoms with Crippen molar-refractivity contribution in [1.29, 1.82) is 0 Å². The lowest BCUT2D eigenvalue weighted by atomic mass is 9.87. The number of likely N-dealkylation sites (tertiary alicyclic amines) is 1. The van der Waals surface area contributed by atoms with E-state index in [4.69, 9.17) is 14.2 Å². The van der Waals surface area contributed by atoms with E-state index in [-0.39, 0.29) is 17.7 Å². The molecule has 1 fully saturated rings. The van der Waals surface area contributed by atoms with Crippen molar-refractivity contribution in [2.75, 3.05) is 46.5 Å². The Balaban J connectivity index is 1.98. The lowest BCUT2D eigenvalue weighted by Crippen LogP contribution is -2.32. The molecule has 2 aromatic carbocycles. The Labute approximate surface area is 180 Å². The lowest BCUT2D eigenvalue weighted by molar-refractivity contribution is -0.135. The third kappa shape index (κ3) is 4.05. The second kappa shape index (κ2) is 9.30. The Morgan fingerprint density at radius 1 is 1.10 bits per heavy atom. The average molecular weight is 431 g/mol. The van der Waals surface area contributed by atoms with Gasteiger partial charge in [0.1, 0.15) is 5.92 Å². The minimum Gasteiger partial charge on any atom is -0.493 e. The largest absolute Gasteiger partial charge is 0.493 e. The van der Waals surface area contributed by atoms with Crippen LogP contribution >= 0.6 is 11.8 Å². The summed E-state index contributed by atoms with van der Waals surface area (Å²) in [6, 6.07) is 11.1. The fourth-order valence-electron chi connectivity index (χ4n) is 3.77. The summed E-state index contributed by atoms with van der Waals surface area (Å²) in [5, 5.41) is 2.94. The highest BCUT2D eigenvalue weighted by molar-refractivity contribution is 7.98. The first-order valence-corrected chi connectivity index (χ1v) is 10.7. The molecule has 0 radical (unpaired) electrons. The normalized spacial score (nSPS) is 18.3. The maximum absolute atomic E-state index is 13.2. The molecule has 0 aromatic heterocycles. The minimum atomic E-state index is -0.854. The summed E-state index contributed by atoms with van der Waals surface area (Å²) in [6.45, 7) is 0.416. The Morgan fingerprint density at radius 3 is 2.30 bits per heavy atom. The van der Waals surface area contributed by atoms with Crippen molar-refractivity contribution in [3.05, 3.63) is 42.0 Å². The van der Waals surface area contributed by atoms with Crippen LogP contribution in [0.3, 0.4) is 0 Å². The maximum atomic E-state index is 13.2. The van der Waals surface area contributed by atoms with E-state index < -0.39 is 5.92 Å². The number of benzene rings is 2. The van der Waals surface area contributed by atoms with Gasteiger partial charge in [0.15, 0.2) is 11.5 Å². The molecule has 0 unspecified atom stereocenters. The Kier molecular flexibility index (Phi) is 6.77. The molecule has 0 bridgehead atoms. The van der Waals surface area contributed by atoms with Crippen LogP contribution in [-0.2, 0) is 9.59 Å². The number of nitrogens with zero attached hydrogens (tertiary/aromatic N) is 1. The number of amides is 2. The van der Waals surface area contributed by atoms with Crippen molar-refractivity contribution in [3.63, 3.8) is 0 Å². The summed E-state index contributed by atoms with van der Waals surface area (Å²) in [6.07, 6.45) is 1.94. The first-order valence-electron chi connectivity index (χ1n) is 9.43. The summed E-state index contributed by atoms with van der Waals surface area (Å²) < 4.78 is 16.3. The molecule has 3 rings (SSSR count). The van der Waals surface area contributed by atoms with E-state index in [2.05, 4.69) is 5.32 Å². The maximum Gasteiger partial charge on any atom is 0.237 e. The number of methoxy groups -OCH3 is 3. The number of nitrogens with one attached hydrogen (secondary N) is 1. The highest BCUT2D eigenvalue weighted by Gasteiger charge is 2.44. The minimum absolute atomic E-state index is 0.215. The van der Waals surface area contributed by atoms with Gasteiger partial charge in [-0.3, -0.25) is 9.59 Å². The SMILES string of the molecule is COc1cc([C@H]2CN(C)C(=O)[C@@H]2C(=O)Nc2ccccc2SC)cc(OC)c1OC. The first kappa shape index (κ1) is 21.8. The van der Waals surface area contributed by atoms with Crippen LogP contribution in [0.25, 0.3) is 0 Å². The number of carbonyl (C=O) groups is 2. The molecule has 1 N–H and O–H groups in total. The van der Waals surface area contributed by atoms with Crippen LogP contribution in [0, 0.1) is 5.92 Å². The average Bonchev–Trinajstić information content (AvgIpc) is 3.07. The van der Waals surface area contributed by atoms with Crippen LogP contribution in [0.15, 0.2) is 41.3 Å². The summed E-state index contributed by atoms with van der Waals surface area (Å²) in [5.41, 5.74) is 1.47. The summed E-state index contributed by atoms with van der Waals surface area (Å²) in [4.78, 5) is 28.6. The van der Waals surface area contributed by atoms with Crippen LogP contribution in [-0.4, -0.2) is 57.9 Å². The van der Waals surface area contributed by atoms with Gasteiger partial charge in [0.2, 0.25) is 17.6 Å². The summed E-state index contributed by atoms with van der Waals surface area (Å²) in [5.74, 6) is -0.305. The number of anilines is 1. The number of para-hydroxylation sites is 1. The van der Waals surface area contributed by atoms with E-state index in [0.717, 1.165) is 10.5 Å². The number of likely N-dealkylation sites (N-methyl/N-ethyl adjacent to an activating group) is 1. The molecule has 0 spiro atoms. The second-order valence-corrected chi connectivity index (χ2v) is 7.80. The molecule has 1 heterocycles. The van der Waals surface area contributed by atoms with Gasteiger partial charge in [-0.25, -0.2) is 0 Å². The number of rotatable bonds is 7. The molecule has 2 atom stereocenters. The molecule has 160 valence electrons. The van der Waals surface area contributed by atoms with Gasteiger partial charge in [0.05, 0.1) is 27.0 Å². The summed E-state index contributed by atoms with van der Waals surface area (Å²) >= 11 is 1.54. The fraction of sp³-hybridized carbons (Fsp3) is 0.364. The van der Waals surface area contributed by atoms with Crippen molar-refractivity contribution >= 4 is 29.3 Å². The van der Waals surface area contributed by atoms with Crippen LogP contribution in [0.5, 0.6) is 17.2 Å². The van der Waals surface area contributed by atoms with Gasteiger partial charge in [-0.05, 0) is 36.1 Å².